The van der Waals surface area contributed by atoms with Crippen LogP contribution in [0.4, 0.5) is 10.1 Å². The van der Waals surface area contributed by atoms with Gasteiger partial charge in [-0.2, -0.15) is 0 Å². The van der Waals surface area contributed by atoms with Crippen molar-refractivity contribution < 1.29 is 17.9 Å². The molecule has 8 heteroatoms. The van der Waals surface area contributed by atoms with Gasteiger partial charge in [-0.15, -0.1) is 0 Å². The number of halogens is 1. The molecule has 0 unspecified atom stereocenters. The van der Waals surface area contributed by atoms with Crippen LogP contribution in [-0.2, 0) is 16.6 Å². The normalized spacial score (nSPS) is 11.7. The number of nitrogens with zero attached hydrogens (tertiary/aromatic N) is 2. The second-order valence-electron chi connectivity index (χ2n) is 6.69. The monoisotopic (exact) mass is 411 g/mol. The third-order valence-electron chi connectivity index (χ3n) is 4.52. The van der Waals surface area contributed by atoms with Crippen LogP contribution in [0.2, 0.25) is 0 Å². The molecule has 6 nitrogen and oxygen atoms in total. The van der Waals surface area contributed by atoms with Crippen LogP contribution in [0.3, 0.4) is 0 Å². The van der Waals surface area contributed by atoms with Crippen molar-refractivity contribution in [3.8, 4) is 22.4 Å². The number of imidazole rings is 1. The van der Waals surface area contributed by atoms with Crippen molar-refractivity contribution in [3.05, 3.63) is 78.4 Å². The highest BCUT2D eigenvalue weighted by atomic mass is 32.2. The van der Waals surface area contributed by atoms with Crippen molar-refractivity contribution in [1.82, 2.24) is 9.38 Å². The maximum Gasteiger partial charge on any atom is 0.229 e. The van der Waals surface area contributed by atoms with E-state index in [1.807, 2.05) is 28.9 Å². The molecule has 0 saturated carbocycles. The van der Waals surface area contributed by atoms with Gasteiger partial charge in [0.2, 0.25) is 10.0 Å². The molecule has 0 spiro atoms. The van der Waals surface area contributed by atoms with E-state index in [1.165, 1.54) is 6.07 Å². The number of hydrogen-bond donors (Lipinski definition) is 2. The van der Waals surface area contributed by atoms with E-state index >= 15 is 0 Å². The molecule has 0 amide bonds. The van der Waals surface area contributed by atoms with E-state index in [1.54, 1.807) is 36.4 Å². The largest absolute Gasteiger partial charge is 0.392 e. The molecule has 2 N–H and O–H groups in total. The van der Waals surface area contributed by atoms with E-state index in [0.29, 0.717) is 16.9 Å². The topological polar surface area (TPSA) is 83.7 Å². The smallest absolute Gasteiger partial charge is 0.229 e. The molecule has 0 atom stereocenters. The number of rotatable bonds is 5. The standard InChI is InChI=1S/C21H18FN3O3S/c1-29(27,28)24-16-8-5-14(6-9-16)20-12-25-11-15(7-10-21(25)23-20)17-3-2-4-19(22)18(17)13-26/h2-12,24,26H,13H2,1H3. The van der Waals surface area contributed by atoms with Gasteiger partial charge in [0, 0.05) is 29.2 Å². The Labute approximate surface area is 167 Å². The molecule has 0 bridgehead atoms. The van der Waals surface area contributed by atoms with E-state index in [-0.39, 0.29) is 12.2 Å². The van der Waals surface area contributed by atoms with Crippen molar-refractivity contribution in [2.75, 3.05) is 11.0 Å². The number of aliphatic hydroxyl groups excluding tert-OH is 1. The van der Waals surface area contributed by atoms with Gasteiger partial charge < -0.3 is 9.51 Å². The average Bonchev–Trinajstić information content (AvgIpc) is 3.10. The molecule has 2 aromatic carbocycles. The molecule has 4 aromatic rings. The van der Waals surface area contributed by atoms with Gasteiger partial charge in [-0.05, 0) is 41.5 Å². The van der Waals surface area contributed by atoms with Crippen molar-refractivity contribution in [1.29, 1.82) is 0 Å². The first kappa shape index (κ1) is 19.1. The highest BCUT2D eigenvalue weighted by Crippen LogP contribution is 2.28. The lowest BCUT2D eigenvalue weighted by Gasteiger charge is -2.09. The molecule has 0 fully saturated rings. The van der Waals surface area contributed by atoms with Crippen LogP contribution in [0.5, 0.6) is 0 Å². The summed E-state index contributed by atoms with van der Waals surface area (Å²) in [6.07, 6.45) is 4.77. The summed E-state index contributed by atoms with van der Waals surface area (Å²) < 4.78 is 40.9. The van der Waals surface area contributed by atoms with Gasteiger partial charge in [-0.3, -0.25) is 4.72 Å². The summed E-state index contributed by atoms with van der Waals surface area (Å²) in [5, 5.41) is 9.52. The zero-order chi connectivity index (χ0) is 20.6. The van der Waals surface area contributed by atoms with Gasteiger partial charge in [-0.25, -0.2) is 17.8 Å². The Bertz CT molecular complexity index is 1300. The molecule has 29 heavy (non-hydrogen) atoms. The van der Waals surface area contributed by atoms with Gasteiger partial charge in [0.15, 0.2) is 0 Å². The Balaban J connectivity index is 1.70. The van der Waals surface area contributed by atoms with Crippen LogP contribution in [-0.4, -0.2) is 29.2 Å². The highest BCUT2D eigenvalue weighted by molar-refractivity contribution is 7.92. The first-order valence-electron chi connectivity index (χ1n) is 8.80. The average molecular weight is 411 g/mol. The second-order valence-corrected chi connectivity index (χ2v) is 8.43. The first-order chi connectivity index (χ1) is 13.8. The van der Waals surface area contributed by atoms with Crippen LogP contribution >= 0.6 is 0 Å². The number of hydrogen-bond acceptors (Lipinski definition) is 4. The lowest BCUT2D eigenvalue weighted by Crippen LogP contribution is -2.09. The van der Waals surface area contributed by atoms with Crippen LogP contribution in [0.1, 0.15) is 5.56 Å². The van der Waals surface area contributed by atoms with E-state index in [2.05, 4.69) is 9.71 Å². The Morgan fingerprint density at radius 3 is 2.45 bits per heavy atom. The maximum absolute atomic E-state index is 14.0. The van der Waals surface area contributed by atoms with Crippen molar-refractivity contribution in [2.45, 2.75) is 6.61 Å². The van der Waals surface area contributed by atoms with E-state index < -0.39 is 15.8 Å². The molecule has 0 radical (unpaired) electrons. The minimum Gasteiger partial charge on any atom is -0.392 e. The molecule has 0 aliphatic carbocycles. The van der Waals surface area contributed by atoms with Gasteiger partial charge in [0.05, 0.1) is 18.6 Å². The van der Waals surface area contributed by atoms with Crippen LogP contribution < -0.4 is 4.72 Å². The van der Waals surface area contributed by atoms with E-state index in [4.69, 9.17) is 0 Å². The number of benzene rings is 2. The Morgan fingerprint density at radius 2 is 1.76 bits per heavy atom. The van der Waals surface area contributed by atoms with Crippen molar-refractivity contribution in [3.63, 3.8) is 0 Å². The fraction of sp³-hybridized carbons (Fsp3) is 0.0952. The summed E-state index contributed by atoms with van der Waals surface area (Å²) in [6.45, 7) is -0.386. The van der Waals surface area contributed by atoms with Crippen molar-refractivity contribution in [2.24, 2.45) is 0 Å². The van der Waals surface area contributed by atoms with Crippen LogP contribution in [0.25, 0.3) is 28.0 Å². The number of aromatic nitrogens is 2. The lowest BCUT2D eigenvalue weighted by atomic mass is 10.0. The molecule has 148 valence electrons. The molecule has 2 aromatic heterocycles. The summed E-state index contributed by atoms with van der Waals surface area (Å²) in [5.41, 5.74) is 4.37. The Kier molecular flexibility index (Phi) is 4.81. The van der Waals surface area contributed by atoms with E-state index in [0.717, 1.165) is 23.1 Å². The molecule has 0 aliphatic rings. The summed E-state index contributed by atoms with van der Waals surface area (Å²) in [6, 6.07) is 15.3. The summed E-state index contributed by atoms with van der Waals surface area (Å²) in [7, 11) is -3.33. The Hall–Kier alpha value is -3.23. The third kappa shape index (κ3) is 3.98. The quantitative estimate of drug-likeness (QED) is 0.525. The molecular formula is C21H18FN3O3S. The summed E-state index contributed by atoms with van der Waals surface area (Å²) >= 11 is 0. The SMILES string of the molecule is CS(=O)(=O)Nc1ccc(-c2cn3cc(-c4cccc(F)c4CO)ccc3n2)cc1. The predicted molar refractivity (Wildman–Crippen MR) is 110 cm³/mol. The third-order valence-corrected chi connectivity index (χ3v) is 5.13. The molecule has 2 heterocycles. The number of anilines is 1. The molecular weight excluding hydrogens is 393 g/mol. The highest BCUT2D eigenvalue weighted by Gasteiger charge is 2.11. The second kappa shape index (κ2) is 7.31. The van der Waals surface area contributed by atoms with Crippen molar-refractivity contribution >= 4 is 21.4 Å². The molecule has 4 rings (SSSR count). The van der Waals surface area contributed by atoms with Gasteiger partial charge in [-0.1, -0.05) is 24.3 Å². The lowest BCUT2D eigenvalue weighted by molar-refractivity contribution is 0.276. The zero-order valence-corrected chi connectivity index (χ0v) is 16.3. The zero-order valence-electron chi connectivity index (χ0n) is 15.5. The fourth-order valence-corrected chi connectivity index (χ4v) is 3.77. The maximum atomic E-state index is 14.0. The fourth-order valence-electron chi connectivity index (χ4n) is 3.20. The predicted octanol–water partition coefficient (Wildman–Crippen LogP) is 3.67. The number of sulfonamides is 1. The Morgan fingerprint density at radius 1 is 1.03 bits per heavy atom. The van der Waals surface area contributed by atoms with Crippen LogP contribution in [0.15, 0.2) is 67.0 Å². The number of fused-ring (bicyclic) bond motifs is 1. The minimum absolute atomic E-state index is 0.251. The molecule has 0 aliphatic heterocycles. The minimum atomic E-state index is -3.33. The molecule has 0 saturated heterocycles. The van der Waals surface area contributed by atoms with Gasteiger partial charge in [0.1, 0.15) is 11.5 Å². The summed E-state index contributed by atoms with van der Waals surface area (Å²) in [5.74, 6) is -0.445. The van der Waals surface area contributed by atoms with Crippen LogP contribution in [0, 0.1) is 5.82 Å². The van der Waals surface area contributed by atoms with E-state index in [9.17, 15) is 17.9 Å². The van der Waals surface area contributed by atoms with Gasteiger partial charge in [0.25, 0.3) is 0 Å². The number of nitrogens with one attached hydrogen (secondary N) is 1. The summed E-state index contributed by atoms with van der Waals surface area (Å²) in [4.78, 5) is 4.58. The first-order valence-corrected chi connectivity index (χ1v) is 10.7. The number of aliphatic hydroxyl groups is 1. The number of pyridine rings is 1. The van der Waals surface area contributed by atoms with Gasteiger partial charge >= 0.3 is 0 Å².